The summed E-state index contributed by atoms with van der Waals surface area (Å²) in [6.07, 6.45) is 0. The first-order chi connectivity index (χ1) is 10.9. The summed E-state index contributed by atoms with van der Waals surface area (Å²) >= 11 is 11.7. The van der Waals surface area contributed by atoms with Crippen molar-refractivity contribution in [2.75, 3.05) is 5.32 Å². The number of aryl methyl sites for hydroxylation is 2. The van der Waals surface area contributed by atoms with Crippen LogP contribution in [-0.4, -0.2) is 11.9 Å². The van der Waals surface area contributed by atoms with E-state index in [1.165, 1.54) is 6.07 Å². The standard InChI is InChI=1S/C16H15Cl2N3O2/c1-9-3-4-11(7-10(9)2)15(22)20-21-16(23)19-12-5-6-13(17)14(18)8-12/h3-8H,1-2H3,(H,20,22)(H2,19,21,23). The smallest absolute Gasteiger partial charge is 0.307 e. The predicted octanol–water partition coefficient (Wildman–Crippen LogP) is 4.08. The van der Waals surface area contributed by atoms with Crippen LogP contribution in [0, 0.1) is 13.8 Å². The molecule has 2 rings (SSSR count). The maximum absolute atomic E-state index is 12.0. The number of urea groups is 1. The van der Waals surface area contributed by atoms with Gasteiger partial charge in [-0.15, -0.1) is 0 Å². The number of amides is 3. The summed E-state index contributed by atoms with van der Waals surface area (Å²) in [6.45, 7) is 3.87. The number of hydrogen-bond donors (Lipinski definition) is 3. The van der Waals surface area contributed by atoms with Gasteiger partial charge in [-0.05, 0) is 55.3 Å². The third kappa shape index (κ3) is 4.61. The Balaban J connectivity index is 1.91. The van der Waals surface area contributed by atoms with Crippen molar-refractivity contribution in [3.8, 4) is 0 Å². The van der Waals surface area contributed by atoms with Crippen molar-refractivity contribution in [3.63, 3.8) is 0 Å². The van der Waals surface area contributed by atoms with Crippen LogP contribution in [-0.2, 0) is 0 Å². The van der Waals surface area contributed by atoms with Gasteiger partial charge >= 0.3 is 6.03 Å². The molecule has 0 atom stereocenters. The first-order valence-corrected chi connectivity index (χ1v) is 7.52. The van der Waals surface area contributed by atoms with Crippen LogP contribution in [0.4, 0.5) is 10.5 Å². The van der Waals surface area contributed by atoms with Gasteiger partial charge in [0.1, 0.15) is 0 Å². The highest BCUT2D eigenvalue weighted by atomic mass is 35.5. The number of rotatable bonds is 2. The molecule has 0 bridgehead atoms. The quantitative estimate of drug-likeness (QED) is 0.713. The zero-order valence-corrected chi connectivity index (χ0v) is 14.0. The van der Waals surface area contributed by atoms with Gasteiger partial charge in [0.15, 0.2) is 0 Å². The summed E-state index contributed by atoms with van der Waals surface area (Å²) in [7, 11) is 0. The maximum atomic E-state index is 12.0. The highest BCUT2D eigenvalue weighted by Crippen LogP contribution is 2.24. The summed E-state index contributed by atoms with van der Waals surface area (Å²) < 4.78 is 0. The molecule has 0 saturated carbocycles. The summed E-state index contributed by atoms with van der Waals surface area (Å²) in [5.74, 6) is -0.405. The lowest BCUT2D eigenvalue weighted by Gasteiger charge is -2.10. The Bertz CT molecular complexity index is 763. The molecule has 7 heteroatoms. The van der Waals surface area contributed by atoms with Crippen molar-refractivity contribution in [2.45, 2.75) is 13.8 Å². The molecule has 0 aliphatic heterocycles. The minimum atomic E-state index is -0.597. The molecule has 0 aromatic heterocycles. The second-order valence-corrected chi connectivity index (χ2v) is 5.78. The molecule has 2 aromatic rings. The molecule has 23 heavy (non-hydrogen) atoms. The number of halogens is 2. The van der Waals surface area contributed by atoms with Crippen LogP contribution in [0.2, 0.25) is 10.0 Å². The fourth-order valence-electron chi connectivity index (χ4n) is 1.80. The molecule has 0 fully saturated rings. The average Bonchev–Trinajstić information content (AvgIpc) is 2.51. The van der Waals surface area contributed by atoms with E-state index in [-0.39, 0.29) is 0 Å². The van der Waals surface area contributed by atoms with Crippen LogP contribution >= 0.6 is 23.2 Å². The summed E-state index contributed by atoms with van der Waals surface area (Å²) in [5.41, 5.74) is 7.61. The summed E-state index contributed by atoms with van der Waals surface area (Å²) in [6, 6.07) is 9.36. The molecule has 0 spiro atoms. The van der Waals surface area contributed by atoms with Crippen LogP contribution in [0.25, 0.3) is 0 Å². The Morgan fingerprint density at radius 1 is 0.870 bits per heavy atom. The number of carbonyl (C=O) groups is 2. The molecular weight excluding hydrogens is 337 g/mol. The van der Waals surface area contributed by atoms with Crippen molar-refractivity contribution >= 4 is 40.8 Å². The first-order valence-electron chi connectivity index (χ1n) is 6.76. The van der Waals surface area contributed by atoms with E-state index in [9.17, 15) is 9.59 Å². The van der Waals surface area contributed by atoms with Gasteiger partial charge < -0.3 is 5.32 Å². The lowest BCUT2D eigenvalue weighted by Crippen LogP contribution is -2.43. The largest absolute Gasteiger partial charge is 0.337 e. The number of anilines is 1. The molecule has 0 aliphatic carbocycles. The van der Waals surface area contributed by atoms with E-state index in [4.69, 9.17) is 23.2 Å². The third-order valence-corrected chi connectivity index (χ3v) is 3.98. The van der Waals surface area contributed by atoms with Crippen LogP contribution in [0.5, 0.6) is 0 Å². The SMILES string of the molecule is Cc1ccc(C(=O)NNC(=O)Nc2ccc(Cl)c(Cl)c2)cc1C. The van der Waals surface area contributed by atoms with Gasteiger partial charge in [-0.25, -0.2) is 10.2 Å². The number of benzene rings is 2. The van der Waals surface area contributed by atoms with E-state index in [1.54, 1.807) is 24.3 Å². The molecule has 0 unspecified atom stereocenters. The normalized spacial score (nSPS) is 10.1. The van der Waals surface area contributed by atoms with Crippen LogP contribution in [0.3, 0.4) is 0 Å². The molecular formula is C16H15Cl2N3O2. The lowest BCUT2D eigenvalue weighted by atomic mass is 10.1. The van der Waals surface area contributed by atoms with Gasteiger partial charge in [0.2, 0.25) is 0 Å². The van der Waals surface area contributed by atoms with E-state index in [0.29, 0.717) is 21.3 Å². The van der Waals surface area contributed by atoms with Gasteiger partial charge in [0.25, 0.3) is 5.91 Å². The first kappa shape index (κ1) is 17.1. The average molecular weight is 352 g/mol. The Kier molecular flexibility index (Phi) is 5.47. The van der Waals surface area contributed by atoms with Gasteiger partial charge in [-0.2, -0.15) is 0 Å². The second kappa shape index (κ2) is 7.35. The molecule has 0 radical (unpaired) electrons. The Labute approximate surface area is 143 Å². The molecule has 5 nitrogen and oxygen atoms in total. The van der Waals surface area contributed by atoms with Crippen LogP contribution in [0.15, 0.2) is 36.4 Å². The van der Waals surface area contributed by atoms with Gasteiger partial charge in [0, 0.05) is 11.3 Å². The van der Waals surface area contributed by atoms with Crippen molar-refractivity contribution in [3.05, 3.63) is 63.1 Å². The number of nitrogens with one attached hydrogen (secondary N) is 3. The van der Waals surface area contributed by atoms with Crippen molar-refractivity contribution in [1.29, 1.82) is 0 Å². The highest BCUT2D eigenvalue weighted by Gasteiger charge is 2.09. The molecule has 120 valence electrons. The number of hydrogen-bond acceptors (Lipinski definition) is 2. The fraction of sp³-hybridized carbons (Fsp3) is 0.125. The van der Waals surface area contributed by atoms with Crippen LogP contribution in [0.1, 0.15) is 21.5 Å². The topological polar surface area (TPSA) is 70.2 Å². The highest BCUT2D eigenvalue weighted by molar-refractivity contribution is 6.42. The molecule has 0 heterocycles. The Morgan fingerprint density at radius 2 is 1.61 bits per heavy atom. The van der Waals surface area contributed by atoms with E-state index >= 15 is 0 Å². The number of carbonyl (C=O) groups excluding carboxylic acids is 2. The van der Waals surface area contributed by atoms with E-state index < -0.39 is 11.9 Å². The molecule has 0 aliphatic rings. The summed E-state index contributed by atoms with van der Waals surface area (Å²) in [5, 5.41) is 3.24. The van der Waals surface area contributed by atoms with Gasteiger partial charge in [-0.1, -0.05) is 29.3 Å². The number of hydrazine groups is 1. The molecule has 3 amide bonds. The minimum absolute atomic E-state index is 0.323. The predicted molar refractivity (Wildman–Crippen MR) is 92.0 cm³/mol. The lowest BCUT2D eigenvalue weighted by molar-refractivity contribution is 0.0938. The Hall–Kier alpha value is -2.24. The van der Waals surface area contributed by atoms with Gasteiger partial charge in [-0.3, -0.25) is 10.2 Å². The molecule has 0 saturated heterocycles. The minimum Gasteiger partial charge on any atom is -0.307 e. The zero-order valence-electron chi connectivity index (χ0n) is 12.5. The molecule has 2 aromatic carbocycles. The van der Waals surface area contributed by atoms with Crippen molar-refractivity contribution < 1.29 is 9.59 Å². The Morgan fingerprint density at radius 3 is 2.26 bits per heavy atom. The van der Waals surface area contributed by atoms with Crippen molar-refractivity contribution in [1.82, 2.24) is 10.9 Å². The monoisotopic (exact) mass is 351 g/mol. The fourth-order valence-corrected chi connectivity index (χ4v) is 2.10. The van der Waals surface area contributed by atoms with Crippen molar-refractivity contribution in [2.24, 2.45) is 0 Å². The van der Waals surface area contributed by atoms with E-state index in [2.05, 4.69) is 16.2 Å². The van der Waals surface area contributed by atoms with E-state index in [0.717, 1.165) is 11.1 Å². The summed E-state index contributed by atoms with van der Waals surface area (Å²) in [4.78, 5) is 23.7. The third-order valence-electron chi connectivity index (χ3n) is 3.24. The maximum Gasteiger partial charge on any atom is 0.337 e. The second-order valence-electron chi connectivity index (χ2n) is 4.96. The van der Waals surface area contributed by atoms with Gasteiger partial charge in [0.05, 0.1) is 10.0 Å². The molecule has 3 N–H and O–H groups in total. The van der Waals surface area contributed by atoms with Crippen LogP contribution < -0.4 is 16.2 Å². The zero-order chi connectivity index (χ0) is 17.0. The van der Waals surface area contributed by atoms with E-state index in [1.807, 2.05) is 19.9 Å².